The van der Waals surface area contributed by atoms with E-state index < -0.39 is 22.8 Å². The van der Waals surface area contributed by atoms with E-state index in [0.29, 0.717) is 22.9 Å². The van der Waals surface area contributed by atoms with Crippen molar-refractivity contribution in [2.75, 3.05) is 25.5 Å². The fourth-order valence-corrected chi connectivity index (χ4v) is 3.15. The fraction of sp³-hybridized carbons (Fsp3) is 0.211. The van der Waals surface area contributed by atoms with Crippen LogP contribution in [0.4, 0.5) is 16.2 Å². The largest absolute Gasteiger partial charge is 0.495 e. The van der Waals surface area contributed by atoms with Gasteiger partial charge in [0, 0.05) is 30.2 Å². The lowest BCUT2D eigenvalue weighted by molar-refractivity contribution is -0.384. The number of nitrogens with one attached hydrogen (secondary N) is 2. The molecule has 2 aromatic carbocycles. The van der Waals surface area contributed by atoms with Gasteiger partial charge in [-0.15, -0.1) is 0 Å². The van der Waals surface area contributed by atoms with Gasteiger partial charge in [-0.25, -0.2) is 4.79 Å². The number of hydrogen-bond donors (Lipinski definition) is 2. The van der Waals surface area contributed by atoms with Gasteiger partial charge in [-0.05, 0) is 30.7 Å². The highest BCUT2D eigenvalue weighted by Gasteiger charge is 2.36. The molecule has 1 aliphatic heterocycles. The average Bonchev–Trinajstić information content (AvgIpc) is 2.95. The van der Waals surface area contributed by atoms with Crippen LogP contribution in [-0.4, -0.2) is 47.9 Å². The minimum Gasteiger partial charge on any atom is -0.495 e. The molecule has 30 heavy (non-hydrogen) atoms. The Morgan fingerprint density at radius 3 is 2.60 bits per heavy atom. The standard InChI is InChI=1S/C19H17ClN4O6/c1-30-16-6-3-11(20)9-15(16)22-19(27)21-7-2-8-23-17(25)13-5-4-12(24(28)29)10-14(13)18(23)26/h3-6,9-10H,2,7-8H2,1H3,(H2,21,22,27). The number of nitro benzene ring substituents is 1. The van der Waals surface area contributed by atoms with Crippen molar-refractivity contribution in [2.24, 2.45) is 0 Å². The molecule has 0 saturated heterocycles. The van der Waals surface area contributed by atoms with E-state index >= 15 is 0 Å². The number of non-ortho nitro benzene ring substituents is 1. The molecule has 0 bridgehead atoms. The average molecular weight is 433 g/mol. The minimum absolute atomic E-state index is 0.00736. The number of nitrogens with zero attached hydrogens (tertiary/aromatic N) is 2. The first-order valence-corrected chi connectivity index (χ1v) is 9.22. The molecule has 4 amide bonds. The molecule has 11 heteroatoms. The third-order valence-corrected chi connectivity index (χ3v) is 4.65. The van der Waals surface area contributed by atoms with Crippen LogP contribution in [0.2, 0.25) is 5.02 Å². The van der Waals surface area contributed by atoms with Crippen LogP contribution >= 0.6 is 11.6 Å². The molecule has 0 unspecified atom stereocenters. The van der Waals surface area contributed by atoms with Crippen LogP contribution in [0.3, 0.4) is 0 Å². The molecule has 2 N–H and O–H groups in total. The number of imide groups is 1. The van der Waals surface area contributed by atoms with Crippen molar-refractivity contribution in [3.63, 3.8) is 0 Å². The Hall–Kier alpha value is -3.66. The summed E-state index contributed by atoms with van der Waals surface area (Å²) < 4.78 is 5.15. The molecule has 1 aliphatic rings. The Labute approximate surface area is 175 Å². The number of carbonyl (C=O) groups excluding carboxylic acids is 3. The van der Waals surface area contributed by atoms with E-state index in [1.165, 1.54) is 25.3 Å². The van der Waals surface area contributed by atoms with Gasteiger partial charge in [-0.1, -0.05) is 11.6 Å². The normalized spacial score (nSPS) is 12.5. The molecular weight excluding hydrogens is 416 g/mol. The maximum Gasteiger partial charge on any atom is 0.319 e. The second-order valence-electron chi connectivity index (χ2n) is 6.33. The van der Waals surface area contributed by atoms with Gasteiger partial charge in [0.15, 0.2) is 0 Å². The molecule has 0 fully saturated rings. The molecule has 2 aromatic rings. The zero-order valence-corrected chi connectivity index (χ0v) is 16.6. The highest BCUT2D eigenvalue weighted by atomic mass is 35.5. The number of hydrogen-bond acceptors (Lipinski definition) is 6. The van der Waals surface area contributed by atoms with Crippen molar-refractivity contribution in [1.82, 2.24) is 10.2 Å². The molecule has 0 aliphatic carbocycles. The second kappa shape index (κ2) is 8.78. The lowest BCUT2D eigenvalue weighted by atomic mass is 10.1. The maximum absolute atomic E-state index is 12.4. The number of urea groups is 1. The summed E-state index contributed by atoms with van der Waals surface area (Å²) in [7, 11) is 1.46. The minimum atomic E-state index is -0.627. The van der Waals surface area contributed by atoms with E-state index in [1.54, 1.807) is 12.1 Å². The third kappa shape index (κ3) is 4.33. The Kier molecular flexibility index (Phi) is 6.17. The Bertz CT molecular complexity index is 1040. The van der Waals surface area contributed by atoms with Gasteiger partial charge in [0.25, 0.3) is 17.5 Å². The summed E-state index contributed by atoms with van der Waals surface area (Å²) in [6.07, 6.45) is 0.299. The van der Waals surface area contributed by atoms with E-state index in [9.17, 15) is 24.5 Å². The molecule has 0 radical (unpaired) electrons. The zero-order chi connectivity index (χ0) is 21.8. The molecular formula is C19H17ClN4O6. The zero-order valence-electron chi connectivity index (χ0n) is 15.8. The number of amides is 4. The summed E-state index contributed by atoms with van der Waals surface area (Å²) in [4.78, 5) is 48.1. The van der Waals surface area contributed by atoms with Crippen molar-refractivity contribution in [1.29, 1.82) is 0 Å². The number of halogens is 1. The van der Waals surface area contributed by atoms with Crippen molar-refractivity contribution in [2.45, 2.75) is 6.42 Å². The van der Waals surface area contributed by atoms with E-state index in [4.69, 9.17) is 16.3 Å². The van der Waals surface area contributed by atoms with Crippen molar-refractivity contribution in [3.8, 4) is 5.75 Å². The van der Waals surface area contributed by atoms with E-state index in [0.717, 1.165) is 11.0 Å². The fourth-order valence-electron chi connectivity index (χ4n) is 2.98. The molecule has 0 atom stereocenters. The maximum atomic E-state index is 12.4. The van der Waals surface area contributed by atoms with Crippen LogP contribution in [0.25, 0.3) is 0 Å². The predicted molar refractivity (Wildman–Crippen MR) is 108 cm³/mol. The monoisotopic (exact) mass is 432 g/mol. The van der Waals surface area contributed by atoms with Gasteiger partial charge in [0.1, 0.15) is 5.75 Å². The van der Waals surface area contributed by atoms with Crippen molar-refractivity contribution in [3.05, 3.63) is 62.7 Å². The third-order valence-electron chi connectivity index (χ3n) is 4.42. The van der Waals surface area contributed by atoms with Gasteiger partial charge < -0.3 is 15.4 Å². The molecule has 3 rings (SSSR count). The highest BCUT2D eigenvalue weighted by molar-refractivity contribution is 6.31. The summed E-state index contributed by atoms with van der Waals surface area (Å²) in [5.41, 5.74) is 0.272. The van der Waals surface area contributed by atoms with Crippen LogP contribution in [-0.2, 0) is 0 Å². The second-order valence-corrected chi connectivity index (χ2v) is 6.76. The van der Waals surface area contributed by atoms with Gasteiger partial charge in [0.2, 0.25) is 0 Å². The van der Waals surface area contributed by atoms with Crippen LogP contribution in [0.1, 0.15) is 27.1 Å². The Morgan fingerprint density at radius 1 is 1.17 bits per heavy atom. The van der Waals surface area contributed by atoms with Crippen LogP contribution in [0, 0.1) is 10.1 Å². The number of benzene rings is 2. The Morgan fingerprint density at radius 2 is 1.90 bits per heavy atom. The Balaban J connectivity index is 1.53. The van der Waals surface area contributed by atoms with Gasteiger partial charge >= 0.3 is 6.03 Å². The van der Waals surface area contributed by atoms with Gasteiger partial charge in [0.05, 0.1) is 28.8 Å². The SMILES string of the molecule is COc1ccc(Cl)cc1NC(=O)NCCCN1C(=O)c2ccc([N+](=O)[O-])cc2C1=O. The number of carbonyl (C=O) groups is 3. The predicted octanol–water partition coefficient (Wildman–Crippen LogP) is 3.06. The molecule has 0 aromatic heterocycles. The van der Waals surface area contributed by atoms with Crippen LogP contribution in [0.5, 0.6) is 5.75 Å². The topological polar surface area (TPSA) is 131 Å². The summed E-state index contributed by atoms with van der Waals surface area (Å²) in [5.74, 6) is -0.667. The lowest BCUT2D eigenvalue weighted by Crippen LogP contribution is -2.35. The van der Waals surface area contributed by atoms with Gasteiger partial charge in [-0.2, -0.15) is 0 Å². The number of anilines is 1. The van der Waals surface area contributed by atoms with Crippen molar-refractivity contribution < 1.29 is 24.0 Å². The van der Waals surface area contributed by atoms with E-state index in [-0.39, 0.29) is 29.9 Å². The number of rotatable bonds is 7. The number of ether oxygens (including phenoxy) is 1. The highest BCUT2D eigenvalue weighted by Crippen LogP contribution is 2.28. The molecule has 0 spiro atoms. The first-order valence-electron chi connectivity index (χ1n) is 8.85. The summed E-state index contributed by atoms with van der Waals surface area (Å²) in [5, 5.41) is 16.5. The molecule has 10 nitrogen and oxygen atoms in total. The van der Waals surface area contributed by atoms with Crippen LogP contribution in [0.15, 0.2) is 36.4 Å². The lowest BCUT2D eigenvalue weighted by Gasteiger charge is -2.14. The van der Waals surface area contributed by atoms with Crippen LogP contribution < -0.4 is 15.4 Å². The molecule has 1 heterocycles. The van der Waals surface area contributed by atoms with E-state index in [1.807, 2.05) is 0 Å². The smallest absolute Gasteiger partial charge is 0.319 e. The van der Waals surface area contributed by atoms with Gasteiger partial charge in [-0.3, -0.25) is 24.6 Å². The van der Waals surface area contributed by atoms with E-state index in [2.05, 4.69) is 10.6 Å². The summed E-state index contributed by atoms with van der Waals surface area (Å²) >= 11 is 5.92. The number of nitro groups is 1. The molecule has 156 valence electrons. The molecule has 0 saturated carbocycles. The summed E-state index contributed by atoms with van der Waals surface area (Å²) in [6.45, 7) is 0.239. The number of methoxy groups -OCH3 is 1. The van der Waals surface area contributed by atoms with Crippen molar-refractivity contribution >= 4 is 40.8 Å². The first-order chi connectivity index (χ1) is 14.3. The summed E-state index contributed by atoms with van der Waals surface area (Å²) in [6, 6.07) is 7.83. The quantitative estimate of drug-likeness (QED) is 0.299. The number of fused-ring (bicyclic) bond motifs is 1. The first kappa shape index (κ1) is 21.1.